The maximum atomic E-state index is 5.25. The highest BCUT2D eigenvalue weighted by Gasteiger charge is 1.98. The summed E-state index contributed by atoms with van der Waals surface area (Å²) in [5.74, 6) is 0. The van der Waals surface area contributed by atoms with Gasteiger partial charge in [-0.05, 0) is 31.8 Å². The van der Waals surface area contributed by atoms with E-state index in [9.17, 15) is 0 Å². The minimum Gasteiger partial charge on any atom is -0.361 e. The number of rotatable bonds is 2. The van der Waals surface area contributed by atoms with Gasteiger partial charge in [-0.3, -0.25) is 0 Å². The minimum atomic E-state index is 0.903. The third-order valence-corrected chi connectivity index (χ3v) is 2.68. The Hall–Kier alpha value is -1.19. The van der Waals surface area contributed by atoms with Crippen molar-refractivity contribution in [2.75, 3.05) is 14.1 Å². The summed E-state index contributed by atoms with van der Waals surface area (Å²) in [4.78, 5) is 5.37. The van der Waals surface area contributed by atoms with E-state index in [0.717, 1.165) is 22.0 Å². The summed E-state index contributed by atoms with van der Waals surface area (Å²) in [7, 11) is 4.13. The van der Waals surface area contributed by atoms with Crippen LogP contribution in [0.5, 0.6) is 0 Å². The lowest BCUT2D eigenvalue weighted by Crippen LogP contribution is -2.10. The molecule has 1 aromatic heterocycles. The lowest BCUT2D eigenvalue weighted by atomic mass is 10.1. The van der Waals surface area contributed by atoms with Crippen LogP contribution in [0, 0.1) is 4.51 Å². The van der Waals surface area contributed by atoms with Crippen molar-refractivity contribution in [1.29, 1.82) is 0 Å². The van der Waals surface area contributed by atoms with E-state index in [1.807, 2.05) is 12.3 Å². The van der Waals surface area contributed by atoms with Crippen LogP contribution in [-0.4, -0.2) is 24.0 Å². The molecule has 3 heteroatoms. The van der Waals surface area contributed by atoms with E-state index in [1.165, 1.54) is 5.56 Å². The first-order chi connectivity index (χ1) is 7.16. The van der Waals surface area contributed by atoms with Crippen molar-refractivity contribution in [2.24, 2.45) is 0 Å². The van der Waals surface area contributed by atoms with Gasteiger partial charge in [0.1, 0.15) is 0 Å². The zero-order valence-corrected chi connectivity index (χ0v) is 9.77. The summed E-state index contributed by atoms with van der Waals surface area (Å²) in [6.07, 6.45) is 1.89. The second kappa shape index (κ2) is 4.13. The van der Waals surface area contributed by atoms with Gasteiger partial charge in [-0.15, -0.1) is 0 Å². The molecule has 0 unspecified atom stereocenters. The summed E-state index contributed by atoms with van der Waals surface area (Å²) in [6.45, 7) is 0.950. The van der Waals surface area contributed by atoms with E-state index >= 15 is 0 Å². The Morgan fingerprint density at radius 2 is 2.07 bits per heavy atom. The van der Waals surface area contributed by atoms with Gasteiger partial charge in [0.25, 0.3) is 0 Å². The SMILES string of the molecule is CN(C)Cc1ccc2c(=S)cc[nH]c2c1. The molecular weight excluding hydrogens is 204 g/mol. The number of benzene rings is 1. The maximum absolute atomic E-state index is 5.25. The molecule has 1 N–H and O–H groups in total. The van der Waals surface area contributed by atoms with E-state index in [2.05, 4.69) is 42.2 Å². The highest BCUT2D eigenvalue weighted by Crippen LogP contribution is 2.15. The van der Waals surface area contributed by atoms with Gasteiger partial charge >= 0.3 is 0 Å². The molecular formula is C12H14N2S. The Bertz CT molecular complexity index is 528. The lowest BCUT2D eigenvalue weighted by molar-refractivity contribution is 0.402. The third kappa shape index (κ3) is 2.25. The van der Waals surface area contributed by atoms with Crippen LogP contribution in [0.1, 0.15) is 5.56 Å². The van der Waals surface area contributed by atoms with Crippen molar-refractivity contribution >= 4 is 23.1 Å². The first kappa shape index (κ1) is 10.3. The predicted molar refractivity (Wildman–Crippen MR) is 66.5 cm³/mol. The van der Waals surface area contributed by atoms with Crippen molar-refractivity contribution in [3.63, 3.8) is 0 Å². The number of hydrogen-bond donors (Lipinski definition) is 1. The molecule has 1 heterocycles. The van der Waals surface area contributed by atoms with E-state index in [0.29, 0.717) is 0 Å². The Morgan fingerprint density at radius 3 is 2.80 bits per heavy atom. The molecule has 15 heavy (non-hydrogen) atoms. The quantitative estimate of drug-likeness (QED) is 0.781. The van der Waals surface area contributed by atoms with Crippen molar-refractivity contribution in [3.05, 3.63) is 40.5 Å². The van der Waals surface area contributed by atoms with Gasteiger partial charge in [0.2, 0.25) is 0 Å². The largest absolute Gasteiger partial charge is 0.361 e. The van der Waals surface area contributed by atoms with Crippen LogP contribution < -0.4 is 0 Å². The molecule has 0 bridgehead atoms. The van der Waals surface area contributed by atoms with Crippen LogP contribution in [0.2, 0.25) is 0 Å². The average Bonchev–Trinajstić information content (AvgIpc) is 2.17. The summed E-state index contributed by atoms with van der Waals surface area (Å²) in [6, 6.07) is 8.30. The van der Waals surface area contributed by atoms with Gasteiger partial charge in [-0.2, -0.15) is 0 Å². The van der Waals surface area contributed by atoms with Crippen molar-refractivity contribution < 1.29 is 0 Å². The van der Waals surface area contributed by atoms with Crippen LogP contribution in [0.4, 0.5) is 0 Å². The fourth-order valence-corrected chi connectivity index (χ4v) is 1.93. The van der Waals surface area contributed by atoms with E-state index in [1.54, 1.807) is 0 Å². The Morgan fingerprint density at radius 1 is 1.27 bits per heavy atom. The summed E-state index contributed by atoms with van der Waals surface area (Å²) in [5, 5.41) is 1.12. The number of fused-ring (bicyclic) bond motifs is 1. The second-order valence-corrected chi connectivity index (χ2v) is 4.40. The molecule has 2 nitrogen and oxygen atoms in total. The molecule has 0 radical (unpaired) electrons. The average molecular weight is 218 g/mol. The summed E-state index contributed by atoms with van der Waals surface area (Å²) >= 11 is 5.25. The second-order valence-electron chi connectivity index (χ2n) is 3.96. The molecule has 0 spiro atoms. The molecule has 0 fully saturated rings. The molecule has 0 atom stereocenters. The zero-order chi connectivity index (χ0) is 10.8. The molecule has 0 aliphatic rings. The van der Waals surface area contributed by atoms with Gasteiger partial charge in [0.15, 0.2) is 0 Å². The van der Waals surface area contributed by atoms with Gasteiger partial charge < -0.3 is 9.88 Å². The van der Waals surface area contributed by atoms with Gasteiger partial charge in [0.05, 0.1) is 0 Å². The summed E-state index contributed by atoms with van der Waals surface area (Å²) in [5.41, 5.74) is 2.41. The van der Waals surface area contributed by atoms with Crippen LogP contribution in [0.3, 0.4) is 0 Å². The van der Waals surface area contributed by atoms with E-state index < -0.39 is 0 Å². The Balaban J connectivity index is 2.52. The van der Waals surface area contributed by atoms with Crippen LogP contribution in [0.25, 0.3) is 10.9 Å². The fourth-order valence-electron chi connectivity index (χ4n) is 1.69. The molecule has 0 aliphatic carbocycles. The highest BCUT2D eigenvalue weighted by molar-refractivity contribution is 7.71. The highest BCUT2D eigenvalue weighted by atomic mass is 32.1. The van der Waals surface area contributed by atoms with Crippen molar-refractivity contribution in [3.8, 4) is 0 Å². The standard InChI is InChI=1S/C12H14N2S/c1-14(2)8-9-3-4-10-11(7-9)13-6-5-12(10)15/h3-7H,8H2,1-2H3,(H,13,15). The number of nitrogens with one attached hydrogen (secondary N) is 1. The van der Waals surface area contributed by atoms with Crippen molar-refractivity contribution in [1.82, 2.24) is 9.88 Å². The molecule has 0 saturated carbocycles. The normalized spacial score (nSPS) is 11.1. The third-order valence-electron chi connectivity index (χ3n) is 2.32. The minimum absolute atomic E-state index is 0.903. The van der Waals surface area contributed by atoms with E-state index in [-0.39, 0.29) is 0 Å². The maximum Gasteiger partial charge on any atom is 0.0484 e. The monoisotopic (exact) mass is 218 g/mol. The number of hydrogen-bond acceptors (Lipinski definition) is 2. The van der Waals surface area contributed by atoms with Gasteiger partial charge in [0, 0.05) is 28.2 Å². The van der Waals surface area contributed by atoms with E-state index in [4.69, 9.17) is 12.2 Å². The number of aromatic nitrogens is 1. The molecule has 2 aromatic rings. The lowest BCUT2D eigenvalue weighted by Gasteiger charge is -2.10. The number of pyridine rings is 1. The topological polar surface area (TPSA) is 19.0 Å². The number of aromatic amines is 1. The predicted octanol–water partition coefficient (Wildman–Crippen LogP) is 2.96. The van der Waals surface area contributed by atoms with Crippen LogP contribution in [-0.2, 0) is 6.54 Å². The molecule has 78 valence electrons. The molecule has 2 rings (SSSR count). The number of nitrogens with zero attached hydrogens (tertiary/aromatic N) is 1. The van der Waals surface area contributed by atoms with Crippen LogP contribution >= 0.6 is 12.2 Å². The fraction of sp³-hybridized carbons (Fsp3) is 0.250. The zero-order valence-electron chi connectivity index (χ0n) is 8.95. The van der Waals surface area contributed by atoms with Crippen LogP contribution in [0.15, 0.2) is 30.5 Å². The summed E-state index contributed by atoms with van der Waals surface area (Å²) < 4.78 is 0.903. The molecule has 0 amide bonds. The number of H-pyrrole nitrogens is 1. The first-order valence-electron chi connectivity index (χ1n) is 4.92. The van der Waals surface area contributed by atoms with Gasteiger partial charge in [-0.1, -0.05) is 24.4 Å². The Labute approximate surface area is 94.5 Å². The first-order valence-corrected chi connectivity index (χ1v) is 5.33. The Kier molecular flexibility index (Phi) is 2.84. The van der Waals surface area contributed by atoms with Crippen molar-refractivity contribution in [2.45, 2.75) is 6.54 Å². The molecule has 0 saturated heterocycles. The smallest absolute Gasteiger partial charge is 0.0484 e. The van der Waals surface area contributed by atoms with Gasteiger partial charge in [-0.25, -0.2) is 0 Å². The molecule has 0 aliphatic heterocycles. The molecule has 1 aromatic carbocycles.